The second-order valence-electron chi connectivity index (χ2n) is 7.76. The van der Waals surface area contributed by atoms with E-state index in [4.69, 9.17) is 0 Å². The molecule has 0 unspecified atom stereocenters. The molecule has 1 aliphatic heterocycles. The van der Waals surface area contributed by atoms with E-state index in [-0.39, 0.29) is 42.2 Å². The third-order valence-electron chi connectivity index (χ3n) is 6.29. The first-order chi connectivity index (χ1) is 13.6. The summed E-state index contributed by atoms with van der Waals surface area (Å²) >= 11 is 0. The van der Waals surface area contributed by atoms with Crippen LogP contribution in [0.2, 0.25) is 0 Å². The first kappa shape index (κ1) is 17.0. The van der Waals surface area contributed by atoms with E-state index in [1.807, 2.05) is 42.5 Å². The molecule has 0 spiro atoms. The molecule has 6 nitrogen and oxygen atoms in total. The maximum atomic E-state index is 12.8. The zero-order valence-corrected chi connectivity index (χ0v) is 15.3. The number of benzene rings is 2. The van der Waals surface area contributed by atoms with Crippen molar-refractivity contribution in [3.63, 3.8) is 0 Å². The van der Waals surface area contributed by atoms with Crippen LogP contribution in [-0.2, 0) is 9.59 Å². The van der Waals surface area contributed by atoms with Crippen LogP contribution >= 0.6 is 0 Å². The number of hydrogen-bond acceptors (Lipinski definition) is 3. The average Bonchev–Trinajstić information content (AvgIpc) is 3.00. The molecule has 6 rings (SSSR count). The van der Waals surface area contributed by atoms with E-state index in [1.165, 1.54) is 4.90 Å². The fraction of sp³-hybridized carbons (Fsp3) is 0.318. The Kier molecular flexibility index (Phi) is 3.93. The monoisotopic (exact) mass is 375 g/mol. The van der Waals surface area contributed by atoms with Crippen LogP contribution in [0.25, 0.3) is 10.8 Å². The number of anilines is 1. The van der Waals surface area contributed by atoms with E-state index in [0.29, 0.717) is 5.69 Å². The summed E-state index contributed by atoms with van der Waals surface area (Å²) in [7, 11) is 0. The van der Waals surface area contributed by atoms with Crippen LogP contribution < -0.4 is 10.6 Å². The summed E-state index contributed by atoms with van der Waals surface area (Å²) in [5.74, 6) is -0.501. The molecule has 0 aromatic heterocycles. The molecule has 142 valence electrons. The third-order valence-corrected chi connectivity index (χ3v) is 6.29. The number of urea groups is 1. The fourth-order valence-corrected chi connectivity index (χ4v) is 4.94. The van der Waals surface area contributed by atoms with Crippen LogP contribution in [-0.4, -0.2) is 29.4 Å². The largest absolute Gasteiger partial charge is 0.320 e. The average molecular weight is 375 g/mol. The molecular weight excluding hydrogens is 354 g/mol. The van der Waals surface area contributed by atoms with Crippen LogP contribution in [0.5, 0.6) is 0 Å². The van der Waals surface area contributed by atoms with Gasteiger partial charge < -0.3 is 10.6 Å². The van der Waals surface area contributed by atoms with Gasteiger partial charge in [0.1, 0.15) is 6.67 Å². The zero-order chi connectivity index (χ0) is 19.3. The number of nitrogens with zero attached hydrogens (tertiary/aromatic N) is 1. The predicted octanol–water partition coefficient (Wildman–Crippen LogP) is 3.12. The van der Waals surface area contributed by atoms with Gasteiger partial charge in [0.25, 0.3) is 0 Å². The van der Waals surface area contributed by atoms with Crippen LogP contribution in [0.4, 0.5) is 10.5 Å². The molecule has 4 aliphatic rings. The molecule has 1 saturated carbocycles. The van der Waals surface area contributed by atoms with Gasteiger partial charge >= 0.3 is 6.03 Å². The Morgan fingerprint density at radius 2 is 1.57 bits per heavy atom. The number of carbonyl (C=O) groups is 3. The van der Waals surface area contributed by atoms with Gasteiger partial charge in [-0.3, -0.25) is 14.5 Å². The Morgan fingerprint density at radius 3 is 2.25 bits per heavy atom. The lowest BCUT2D eigenvalue weighted by atomic mass is 9.63. The summed E-state index contributed by atoms with van der Waals surface area (Å²) in [6, 6.07) is 13.0. The Hall–Kier alpha value is -3.15. The number of carbonyl (C=O) groups excluding carboxylic acids is 3. The van der Waals surface area contributed by atoms with Crippen molar-refractivity contribution in [1.82, 2.24) is 10.2 Å². The minimum atomic E-state index is -0.437. The Balaban J connectivity index is 1.27. The highest BCUT2D eigenvalue weighted by Crippen LogP contribution is 2.49. The summed E-state index contributed by atoms with van der Waals surface area (Å²) in [5, 5.41) is 7.45. The molecule has 28 heavy (non-hydrogen) atoms. The zero-order valence-electron chi connectivity index (χ0n) is 15.3. The van der Waals surface area contributed by atoms with E-state index >= 15 is 0 Å². The standard InChI is InChI=1S/C22H21N3O3/c26-20-18-14-8-9-15(11-10-14)19(18)21(27)25(20)12-23-22(28)24-17-7-3-5-13-4-1-2-6-16(13)17/h1-9,14-15,18-19H,10-12H2,(H2,23,24,28)/t14-,15-,18-,19+/m0/s1. The van der Waals surface area contributed by atoms with E-state index in [1.54, 1.807) is 0 Å². The topological polar surface area (TPSA) is 78.5 Å². The Morgan fingerprint density at radius 1 is 0.929 bits per heavy atom. The number of nitrogens with one attached hydrogen (secondary N) is 2. The van der Waals surface area contributed by atoms with Crippen LogP contribution in [0.15, 0.2) is 54.6 Å². The lowest BCUT2D eigenvalue weighted by Gasteiger charge is -2.38. The SMILES string of the molecule is O=C(NCN1C(=O)[C@@H]2[C@H](C1=O)[C@H]1C=C[C@H]2CC1)Nc1cccc2ccccc12. The quantitative estimate of drug-likeness (QED) is 0.639. The van der Waals surface area contributed by atoms with E-state index in [2.05, 4.69) is 22.8 Å². The van der Waals surface area contributed by atoms with Gasteiger partial charge in [-0.2, -0.15) is 0 Å². The van der Waals surface area contributed by atoms with E-state index in [0.717, 1.165) is 23.6 Å². The van der Waals surface area contributed by atoms with Crippen molar-refractivity contribution < 1.29 is 14.4 Å². The minimum absolute atomic E-state index is 0.0965. The summed E-state index contributed by atoms with van der Waals surface area (Å²) in [6.45, 7) is -0.0965. The molecular formula is C22H21N3O3. The molecule has 2 N–H and O–H groups in total. The van der Waals surface area contributed by atoms with E-state index < -0.39 is 6.03 Å². The van der Waals surface area contributed by atoms with Crippen molar-refractivity contribution in [2.45, 2.75) is 12.8 Å². The lowest BCUT2D eigenvalue weighted by molar-refractivity contribution is -0.140. The first-order valence-electron chi connectivity index (χ1n) is 9.69. The predicted molar refractivity (Wildman–Crippen MR) is 105 cm³/mol. The lowest BCUT2D eigenvalue weighted by Crippen LogP contribution is -2.43. The van der Waals surface area contributed by atoms with Gasteiger partial charge in [0, 0.05) is 5.39 Å². The summed E-state index contributed by atoms with van der Waals surface area (Å²) in [6.07, 6.45) is 6.10. The van der Waals surface area contributed by atoms with Gasteiger partial charge in [-0.25, -0.2) is 4.79 Å². The van der Waals surface area contributed by atoms with Gasteiger partial charge in [-0.1, -0.05) is 48.6 Å². The first-order valence-corrected chi connectivity index (χ1v) is 9.69. The number of allylic oxidation sites excluding steroid dienone is 2. The third kappa shape index (κ3) is 2.59. The second-order valence-corrected chi connectivity index (χ2v) is 7.76. The van der Waals surface area contributed by atoms with Crippen molar-refractivity contribution in [2.24, 2.45) is 23.7 Å². The van der Waals surface area contributed by atoms with Crippen molar-refractivity contribution in [3.8, 4) is 0 Å². The number of fused-ring (bicyclic) bond motifs is 2. The number of amides is 4. The molecule has 2 aromatic carbocycles. The molecule has 1 saturated heterocycles. The highest BCUT2D eigenvalue weighted by molar-refractivity contribution is 6.06. The Bertz CT molecular complexity index is 978. The van der Waals surface area contributed by atoms with Gasteiger partial charge in [-0.05, 0) is 36.1 Å². The van der Waals surface area contributed by atoms with Crippen molar-refractivity contribution >= 4 is 34.3 Å². The number of hydrogen-bond donors (Lipinski definition) is 2. The summed E-state index contributed by atoms with van der Waals surface area (Å²) in [4.78, 5) is 39.2. The van der Waals surface area contributed by atoms with Crippen LogP contribution in [0, 0.1) is 23.7 Å². The number of imide groups is 1. The van der Waals surface area contributed by atoms with Gasteiger partial charge in [0.15, 0.2) is 0 Å². The number of likely N-dealkylation sites (tertiary alicyclic amines) is 1. The maximum absolute atomic E-state index is 12.8. The van der Waals surface area contributed by atoms with Crippen LogP contribution in [0.3, 0.4) is 0 Å². The van der Waals surface area contributed by atoms with Crippen molar-refractivity contribution in [2.75, 3.05) is 12.0 Å². The molecule has 4 amide bonds. The molecule has 1 heterocycles. The number of rotatable bonds is 3. The molecule has 4 atom stereocenters. The van der Waals surface area contributed by atoms with Gasteiger partial charge in [0.05, 0.1) is 17.5 Å². The molecule has 6 heteroatoms. The highest BCUT2D eigenvalue weighted by Gasteiger charge is 2.56. The second kappa shape index (κ2) is 6.48. The van der Waals surface area contributed by atoms with Gasteiger partial charge in [0.2, 0.25) is 11.8 Å². The highest BCUT2D eigenvalue weighted by atomic mass is 16.2. The van der Waals surface area contributed by atoms with Crippen molar-refractivity contribution in [1.29, 1.82) is 0 Å². The smallest absolute Gasteiger partial charge is 0.320 e. The normalized spacial score (nSPS) is 27.9. The Labute approximate surface area is 162 Å². The van der Waals surface area contributed by atoms with E-state index in [9.17, 15) is 14.4 Å². The van der Waals surface area contributed by atoms with Crippen LogP contribution in [0.1, 0.15) is 12.8 Å². The summed E-state index contributed by atoms with van der Waals surface area (Å²) in [5.41, 5.74) is 0.686. The molecule has 2 bridgehead atoms. The molecule has 2 aromatic rings. The molecule has 3 aliphatic carbocycles. The maximum Gasteiger partial charge on any atom is 0.320 e. The molecule has 2 fully saturated rings. The summed E-state index contributed by atoms with van der Waals surface area (Å²) < 4.78 is 0. The van der Waals surface area contributed by atoms with Crippen molar-refractivity contribution in [3.05, 3.63) is 54.6 Å². The minimum Gasteiger partial charge on any atom is -0.320 e. The fourth-order valence-electron chi connectivity index (χ4n) is 4.94. The van der Waals surface area contributed by atoms with Gasteiger partial charge in [-0.15, -0.1) is 0 Å². The molecule has 0 radical (unpaired) electrons.